The molecule has 11 heteroatoms. The fraction of sp³-hybridized carbons (Fsp3) is 0.355. The molecule has 224 valence electrons. The Morgan fingerprint density at radius 3 is 2.33 bits per heavy atom. The zero-order valence-electron chi connectivity index (χ0n) is 23.6. The molecule has 0 radical (unpaired) electrons. The second-order valence-corrected chi connectivity index (χ2v) is 13.0. The van der Waals surface area contributed by atoms with Crippen molar-refractivity contribution in [3.8, 4) is 5.75 Å². The molecule has 1 N–H and O–H groups in total. The van der Waals surface area contributed by atoms with Crippen LogP contribution < -0.4 is 14.4 Å². The number of amides is 2. The van der Waals surface area contributed by atoms with Crippen LogP contribution in [0.4, 0.5) is 5.69 Å². The largest absolute Gasteiger partial charge is 0.497 e. The number of carbonyl (C=O) groups excluding carboxylic acids is 2. The van der Waals surface area contributed by atoms with Crippen molar-refractivity contribution in [2.24, 2.45) is 0 Å². The summed E-state index contributed by atoms with van der Waals surface area (Å²) in [5.41, 5.74) is 0.897. The molecule has 3 aromatic rings. The number of sulfonamides is 1. The first-order valence-corrected chi connectivity index (χ1v) is 16.1. The predicted octanol–water partition coefficient (Wildman–Crippen LogP) is 6.06. The number of hydrogen-bond donors (Lipinski definition) is 1. The monoisotopic (exact) mass is 631 g/mol. The SMILES string of the molecule is COc1cccc(CN(C(=O)CN(c2ccc(Cl)c(Cl)c2)S(=O)(=O)c2ccccc2)[C@@H](C)C(=O)NC2CCCCC2)c1. The minimum absolute atomic E-state index is 0.00584. The molecule has 0 aromatic heterocycles. The number of rotatable bonds is 11. The molecule has 0 bridgehead atoms. The Morgan fingerprint density at radius 2 is 1.67 bits per heavy atom. The minimum Gasteiger partial charge on any atom is -0.497 e. The van der Waals surface area contributed by atoms with Crippen molar-refractivity contribution in [2.75, 3.05) is 18.0 Å². The standard InChI is InChI=1S/C31H35Cl2N3O5S/c1-22(31(38)34-24-11-5-3-6-12-24)35(20-23-10-9-13-26(18-23)41-2)30(37)21-36(25-16-17-28(32)29(33)19-25)42(39,40)27-14-7-4-8-15-27/h4,7-10,13-19,22,24H,3,5-6,11-12,20-21H2,1-2H3,(H,34,38)/t22-/m0/s1. The molecule has 1 saturated carbocycles. The summed E-state index contributed by atoms with van der Waals surface area (Å²) in [5.74, 6) is -0.247. The predicted molar refractivity (Wildman–Crippen MR) is 165 cm³/mol. The van der Waals surface area contributed by atoms with Crippen molar-refractivity contribution in [3.05, 3.63) is 88.4 Å². The van der Waals surface area contributed by atoms with Crippen LogP contribution in [0, 0.1) is 0 Å². The van der Waals surface area contributed by atoms with Crippen LogP contribution in [0.3, 0.4) is 0 Å². The Balaban J connectivity index is 1.69. The van der Waals surface area contributed by atoms with Crippen LogP contribution in [-0.2, 0) is 26.2 Å². The van der Waals surface area contributed by atoms with Crippen molar-refractivity contribution in [1.29, 1.82) is 0 Å². The maximum Gasteiger partial charge on any atom is 0.264 e. The molecule has 1 aliphatic carbocycles. The number of carbonyl (C=O) groups is 2. The minimum atomic E-state index is -4.20. The fourth-order valence-corrected chi connectivity index (χ4v) is 6.73. The lowest BCUT2D eigenvalue weighted by Gasteiger charge is -2.33. The molecule has 1 fully saturated rings. The maximum absolute atomic E-state index is 14.1. The van der Waals surface area contributed by atoms with Gasteiger partial charge in [0, 0.05) is 12.6 Å². The highest BCUT2D eigenvalue weighted by atomic mass is 35.5. The molecular weight excluding hydrogens is 597 g/mol. The van der Waals surface area contributed by atoms with E-state index >= 15 is 0 Å². The summed E-state index contributed by atoms with van der Waals surface area (Å²) in [6.45, 7) is 1.15. The highest BCUT2D eigenvalue weighted by Crippen LogP contribution is 2.31. The van der Waals surface area contributed by atoms with E-state index in [1.807, 2.05) is 6.07 Å². The third-order valence-electron chi connectivity index (χ3n) is 7.41. The summed E-state index contributed by atoms with van der Waals surface area (Å²) >= 11 is 12.4. The van der Waals surface area contributed by atoms with E-state index in [0.717, 1.165) is 42.0 Å². The highest BCUT2D eigenvalue weighted by Gasteiger charge is 2.33. The quantitative estimate of drug-likeness (QED) is 0.277. The molecule has 1 atom stereocenters. The molecule has 42 heavy (non-hydrogen) atoms. The lowest BCUT2D eigenvalue weighted by atomic mass is 9.95. The molecule has 0 aliphatic heterocycles. The molecule has 3 aromatic carbocycles. The molecule has 4 rings (SSSR count). The van der Waals surface area contributed by atoms with Crippen LogP contribution in [0.15, 0.2) is 77.7 Å². The first-order chi connectivity index (χ1) is 20.1. The second-order valence-electron chi connectivity index (χ2n) is 10.3. The van der Waals surface area contributed by atoms with Gasteiger partial charge < -0.3 is 15.0 Å². The van der Waals surface area contributed by atoms with Gasteiger partial charge in [-0.15, -0.1) is 0 Å². The molecule has 0 saturated heterocycles. The summed E-state index contributed by atoms with van der Waals surface area (Å²) in [5, 5.41) is 3.48. The van der Waals surface area contributed by atoms with Crippen LogP contribution in [0.25, 0.3) is 0 Å². The molecule has 0 spiro atoms. The average Bonchev–Trinajstić information content (AvgIpc) is 3.00. The van der Waals surface area contributed by atoms with Gasteiger partial charge in [0.05, 0.1) is 27.7 Å². The number of nitrogens with zero attached hydrogens (tertiary/aromatic N) is 2. The van der Waals surface area contributed by atoms with Gasteiger partial charge in [0.15, 0.2) is 0 Å². The van der Waals surface area contributed by atoms with E-state index < -0.39 is 28.5 Å². The van der Waals surface area contributed by atoms with Gasteiger partial charge in [-0.3, -0.25) is 13.9 Å². The number of methoxy groups -OCH3 is 1. The van der Waals surface area contributed by atoms with E-state index in [-0.39, 0.29) is 39.1 Å². The summed E-state index contributed by atoms with van der Waals surface area (Å²) in [4.78, 5) is 28.9. The van der Waals surface area contributed by atoms with Gasteiger partial charge in [-0.2, -0.15) is 0 Å². The summed E-state index contributed by atoms with van der Waals surface area (Å²) in [7, 11) is -2.65. The first kappa shape index (κ1) is 31.7. The number of hydrogen-bond acceptors (Lipinski definition) is 5. The van der Waals surface area contributed by atoms with Crippen LogP contribution in [0.5, 0.6) is 5.75 Å². The van der Waals surface area contributed by atoms with Gasteiger partial charge in [0.25, 0.3) is 10.0 Å². The average molecular weight is 633 g/mol. The zero-order chi connectivity index (χ0) is 30.3. The van der Waals surface area contributed by atoms with E-state index in [2.05, 4.69) is 5.32 Å². The molecule has 1 aliphatic rings. The van der Waals surface area contributed by atoms with E-state index in [1.165, 1.54) is 35.2 Å². The Morgan fingerprint density at radius 1 is 0.952 bits per heavy atom. The van der Waals surface area contributed by atoms with Gasteiger partial charge in [-0.25, -0.2) is 8.42 Å². The van der Waals surface area contributed by atoms with Crippen molar-refractivity contribution in [1.82, 2.24) is 10.2 Å². The zero-order valence-corrected chi connectivity index (χ0v) is 26.0. The Kier molecular flexibility index (Phi) is 10.8. The van der Waals surface area contributed by atoms with E-state index in [4.69, 9.17) is 27.9 Å². The number of nitrogens with one attached hydrogen (secondary N) is 1. The third-order valence-corrected chi connectivity index (χ3v) is 9.93. The smallest absolute Gasteiger partial charge is 0.264 e. The summed E-state index contributed by atoms with van der Waals surface area (Å²) in [6, 6.07) is 18.6. The van der Waals surface area contributed by atoms with Gasteiger partial charge >= 0.3 is 0 Å². The van der Waals surface area contributed by atoms with E-state index in [0.29, 0.717) is 5.75 Å². The Bertz CT molecular complexity index is 1500. The van der Waals surface area contributed by atoms with Gasteiger partial charge in [-0.1, -0.05) is 72.8 Å². The van der Waals surface area contributed by atoms with Crippen molar-refractivity contribution in [2.45, 2.75) is 62.6 Å². The van der Waals surface area contributed by atoms with Crippen LogP contribution in [0.1, 0.15) is 44.6 Å². The van der Waals surface area contributed by atoms with Gasteiger partial charge in [0.2, 0.25) is 11.8 Å². The Hall–Kier alpha value is -3.27. The van der Waals surface area contributed by atoms with Crippen LogP contribution >= 0.6 is 23.2 Å². The number of halogens is 2. The van der Waals surface area contributed by atoms with E-state index in [9.17, 15) is 18.0 Å². The normalized spacial score (nSPS) is 14.6. The molecule has 0 heterocycles. The van der Waals surface area contributed by atoms with Crippen LogP contribution in [-0.4, -0.2) is 50.9 Å². The van der Waals surface area contributed by atoms with Crippen molar-refractivity contribution < 1.29 is 22.7 Å². The van der Waals surface area contributed by atoms with Crippen molar-refractivity contribution >= 4 is 50.7 Å². The summed E-state index contributed by atoms with van der Waals surface area (Å²) < 4.78 is 34.1. The fourth-order valence-electron chi connectivity index (χ4n) is 5.01. The lowest BCUT2D eigenvalue weighted by Crippen LogP contribution is -2.53. The third kappa shape index (κ3) is 7.76. The van der Waals surface area contributed by atoms with E-state index in [1.54, 1.807) is 50.4 Å². The molecule has 0 unspecified atom stereocenters. The number of anilines is 1. The highest BCUT2D eigenvalue weighted by molar-refractivity contribution is 7.92. The lowest BCUT2D eigenvalue weighted by molar-refractivity contribution is -0.139. The topological polar surface area (TPSA) is 96.0 Å². The summed E-state index contributed by atoms with van der Waals surface area (Å²) in [6.07, 6.45) is 5.01. The van der Waals surface area contributed by atoms with Crippen molar-refractivity contribution in [3.63, 3.8) is 0 Å². The maximum atomic E-state index is 14.1. The number of benzene rings is 3. The van der Waals surface area contributed by atoms with Gasteiger partial charge in [-0.05, 0) is 67.8 Å². The Labute approximate surface area is 257 Å². The van der Waals surface area contributed by atoms with Crippen LogP contribution in [0.2, 0.25) is 10.0 Å². The van der Waals surface area contributed by atoms with Gasteiger partial charge in [0.1, 0.15) is 18.3 Å². The molecular formula is C31H35Cl2N3O5S. The molecule has 8 nitrogen and oxygen atoms in total. The molecule has 2 amide bonds. The first-order valence-electron chi connectivity index (χ1n) is 13.9. The number of ether oxygens (including phenoxy) is 1. The second kappa shape index (κ2) is 14.3.